The van der Waals surface area contributed by atoms with Crippen LogP contribution in [0.5, 0.6) is 0 Å². The van der Waals surface area contributed by atoms with E-state index in [2.05, 4.69) is 13.8 Å². The van der Waals surface area contributed by atoms with E-state index in [0.717, 1.165) is 25.7 Å². The van der Waals surface area contributed by atoms with Gasteiger partial charge < -0.3 is 4.74 Å². The van der Waals surface area contributed by atoms with Crippen molar-refractivity contribution in [2.75, 3.05) is 6.54 Å². The van der Waals surface area contributed by atoms with Crippen molar-refractivity contribution in [2.24, 2.45) is 0 Å². The zero-order valence-electron chi connectivity index (χ0n) is 10.7. The molecule has 2 rings (SSSR count). The van der Waals surface area contributed by atoms with Gasteiger partial charge >= 0.3 is 0 Å². The summed E-state index contributed by atoms with van der Waals surface area (Å²) >= 11 is 0. The van der Waals surface area contributed by atoms with Crippen molar-refractivity contribution in [2.45, 2.75) is 64.1 Å². The first-order chi connectivity index (χ1) is 8.13. The Bertz CT molecular complexity index is 313. The number of nitrogens with zero attached hydrogens (tertiary/aromatic N) is 1. The molecule has 0 aromatic carbocycles. The van der Waals surface area contributed by atoms with Gasteiger partial charge in [0, 0.05) is 19.4 Å². The van der Waals surface area contributed by atoms with Gasteiger partial charge in [0.15, 0.2) is 0 Å². The van der Waals surface area contributed by atoms with Crippen molar-refractivity contribution in [3.05, 3.63) is 0 Å². The molecule has 17 heavy (non-hydrogen) atoms. The van der Waals surface area contributed by atoms with Crippen LogP contribution in [0.2, 0.25) is 0 Å². The molecule has 2 aliphatic rings. The lowest BCUT2D eigenvalue weighted by molar-refractivity contribution is -0.138. The molecular weight excluding hydrogens is 218 g/mol. The molecule has 2 fully saturated rings. The molecule has 0 aromatic heterocycles. The molecule has 2 amide bonds. The lowest BCUT2D eigenvalue weighted by Crippen LogP contribution is -2.31. The van der Waals surface area contributed by atoms with Gasteiger partial charge in [-0.3, -0.25) is 14.5 Å². The molecule has 4 heteroatoms. The van der Waals surface area contributed by atoms with Crippen LogP contribution in [0.1, 0.15) is 52.4 Å². The average Bonchev–Trinajstić information content (AvgIpc) is 2.97. The summed E-state index contributed by atoms with van der Waals surface area (Å²) in [6.07, 6.45) is 5.07. The van der Waals surface area contributed by atoms with Crippen molar-refractivity contribution in [1.29, 1.82) is 0 Å². The first kappa shape index (κ1) is 12.6. The number of amides is 2. The number of hydrogen-bond donors (Lipinski definition) is 0. The fourth-order valence-electron chi connectivity index (χ4n) is 2.82. The molecule has 0 bridgehead atoms. The Kier molecular flexibility index (Phi) is 3.52. The Morgan fingerprint density at radius 3 is 2.41 bits per heavy atom. The Hall–Kier alpha value is -0.900. The minimum Gasteiger partial charge on any atom is -0.366 e. The maximum atomic E-state index is 11.4. The second kappa shape index (κ2) is 4.77. The van der Waals surface area contributed by atoms with Crippen LogP contribution in [0.15, 0.2) is 0 Å². The molecule has 2 saturated heterocycles. The van der Waals surface area contributed by atoms with Crippen molar-refractivity contribution in [3.63, 3.8) is 0 Å². The van der Waals surface area contributed by atoms with Crippen molar-refractivity contribution < 1.29 is 14.3 Å². The number of ether oxygens (including phenoxy) is 1. The Balaban J connectivity index is 1.76. The lowest BCUT2D eigenvalue weighted by Gasteiger charge is -2.15. The molecule has 4 nitrogen and oxygen atoms in total. The summed E-state index contributed by atoms with van der Waals surface area (Å²) < 4.78 is 5.73. The van der Waals surface area contributed by atoms with E-state index in [1.807, 2.05) is 0 Å². The SMILES string of the molecule is CCC1OC1(CC)CCCN1C(=O)CCC1=O. The van der Waals surface area contributed by atoms with Gasteiger partial charge in [-0.25, -0.2) is 0 Å². The van der Waals surface area contributed by atoms with Gasteiger partial charge in [-0.1, -0.05) is 13.8 Å². The maximum Gasteiger partial charge on any atom is 0.229 e. The monoisotopic (exact) mass is 239 g/mol. The highest BCUT2D eigenvalue weighted by Crippen LogP contribution is 2.45. The predicted molar refractivity (Wildman–Crippen MR) is 63.4 cm³/mol. The van der Waals surface area contributed by atoms with Crippen LogP contribution < -0.4 is 0 Å². The first-order valence-corrected chi connectivity index (χ1v) is 6.64. The molecule has 0 aromatic rings. The minimum atomic E-state index is -0.00990. The van der Waals surface area contributed by atoms with E-state index in [4.69, 9.17) is 4.74 Å². The maximum absolute atomic E-state index is 11.4. The number of carbonyl (C=O) groups excluding carboxylic acids is 2. The third-order valence-corrected chi connectivity index (χ3v) is 4.01. The van der Waals surface area contributed by atoms with Gasteiger partial charge in [0.2, 0.25) is 11.8 Å². The van der Waals surface area contributed by atoms with Crippen LogP contribution in [0.4, 0.5) is 0 Å². The van der Waals surface area contributed by atoms with Crippen molar-refractivity contribution in [1.82, 2.24) is 4.90 Å². The molecule has 0 aliphatic carbocycles. The number of rotatable bonds is 6. The normalized spacial score (nSPS) is 32.4. The lowest BCUT2D eigenvalue weighted by atomic mass is 9.95. The van der Waals surface area contributed by atoms with Crippen LogP contribution in [0.3, 0.4) is 0 Å². The zero-order chi connectivity index (χ0) is 12.5. The topological polar surface area (TPSA) is 49.9 Å². The van der Waals surface area contributed by atoms with E-state index in [-0.39, 0.29) is 17.4 Å². The summed E-state index contributed by atoms with van der Waals surface area (Å²) in [6.45, 7) is 4.84. The van der Waals surface area contributed by atoms with Gasteiger partial charge in [0.1, 0.15) is 0 Å². The smallest absolute Gasteiger partial charge is 0.229 e. The molecular formula is C13H21NO3. The van der Waals surface area contributed by atoms with E-state index < -0.39 is 0 Å². The van der Waals surface area contributed by atoms with E-state index in [1.54, 1.807) is 0 Å². The zero-order valence-corrected chi connectivity index (χ0v) is 10.7. The van der Waals surface area contributed by atoms with Crippen LogP contribution in [0, 0.1) is 0 Å². The molecule has 0 N–H and O–H groups in total. The first-order valence-electron chi connectivity index (χ1n) is 6.64. The summed E-state index contributed by atoms with van der Waals surface area (Å²) in [5.74, 6) is -0.0198. The van der Waals surface area contributed by atoms with Gasteiger partial charge in [-0.2, -0.15) is 0 Å². The summed E-state index contributed by atoms with van der Waals surface area (Å²) in [7, 11) is 0. The van der Waals surface area contributed by atoms with E-state index in [9.17, 15) is 9.59 Å². The number of hydrogen-bond acceptors (Lipinski definition) is 3. The highest BCUT2D eigenvalue weighted by Gasteiger charge is 2.52. The molecule has 2 aliphatic heterocycles. The molecule has 2 unspecified atom stereocenters. The van der Waals surface area contributed by atoms with Crippen LogP contribution in [0.25, 0.3) is 0 Å². The Morgan fingerprint density at radius 1 is 1.29 bits per heavy atom. The fourth-order valence-corrected chi connectivity index (χ4v) is 2.82. The summed E-state index contributed by atoms with van der Waals surface area (Å²) in [5.41, 5.74) is 0.0422. The Morgan fingerprint density at radius 2 is 1.94 bits per heavy atom. The van der Waals surface area contributed by atoms with Gasteiger partial charge in [-0.05, 0) is 25.7 Å². The largest absolute Gasteiger partial charge is 0.366 e. The Labute approximate surface area is 102 Å². The van der Waals surface area contributed by atoms with E-state index >= 15 is 0 Å². The number of epoxide rings is 1. The molecule has 0 saturated carbocycles. The predicted octanol–water partition coefficient (Wildman–Crippen LogP) is 1.87. The van der Waals surface area contributed by atoms with Crippen molar-refractivity contribution >= 4 is 11.8 Å². The quantitative estimate of drug-likeness (QED) is 0.525. The second-order valence-corrected chi connectivity index (χ2v) is 4.98. The molecule has 96 valence electrons. The highest BCUT2D eigenvalue weighted by atomic mass is 16.6. The third kappa shape index (κ3) is 2.37. The molecule has 0 spiro atoms. The molecule has 0 radical (unpaired) electrons. The van der Waals surface area contributed by atoms with Gasteiger partial charge in [0.25, 0.3) is 0 Å². The average molecular weight is 239 g/mol. The molecule has 2 atom stereocenters. The highest BCUT2D eigenvalue weighted by molar-refractivity contribution is 6.01. The standard InChI is InChI=1S/C13H21NO3/c1-3-10-13(4-2,17-10)8-5-9-14-11(15)6-7-12(14)16/h10H,3-9H2,1-2H3. The number of likely N-dealkylation sites (tertiary alicyclic amines) is 1. The summed E-state index contributed by atoms with van der Waals surface area (Å²) in [5, 5.41) is 0. The van der Waals surface area contributed by atoms with E-state index in [1.165, 1.54) is 4.90 Å². The fraction of sp³-hybridized carbons (Fsp3) is 0.846. The van der Waals surface area contributed by atoms with Crippen LogP contribution in [-0.4, -0.2) is 35.0 Å². The summed E-state index contributed by atoms with van der Waals surface area (Å²) in [4.78, 5) is 24.2. The number of imide groups is 1. The van der Waals surface area contributed by atoms with Gasteiger partial charge in [0.05, 0.1) is 11.7 Å². The van der Waals surface area contributed by atoms with Gasteiger partial charge in [-0.15, -0.1) is 0 Å². The minimum absolute atomic E-state index is 0.00990. The van der Waals surface area contributed by atoms with E-state index in [0.29, 0.717) is 25.5 Å². The number of carbonyl (C=O) groups is 2. The second-order valence-electron chi connectivity index (χ2n) is 4.98. The van der Waals surface area contributed by atoms with Crippen LogP contribution in [-0.2, 0) is 14.3 Å². The molecule has 2 heterocycles. The van der Waals surface area contributed by atoms with Crippen molar-refractivity contribution in [3.8, 4) is 0 Å². The van der Waals surface area contributed by atoms with Crippen LogP contribution >= 0.6 is 0 Å². The third-order valence-electron chi connectivity index (χ3n) is 4.01. The summed E-state index contributed by atoms with van der Waals surface area (Å²) in [6, 6.07) is 0.